The average Bonchev–Trinajstić information content (AvgIpc) is 2.49. The van der Waals surface area contributed by atoms with E-state index in [-0.39, 0.29) is 11.9 Å². The number of carbonyl (C=O) groups excluding carboxylic acids is 1. The Balaban J connectivity index is 2.13. The minimum Gasteiger partial charge on any atom is -0.493 e. The third kappa shape index (κ3) is 3.35. The lowest BCUT2D eigenvalue weighted by atomic mass is 10.0. The number of methoxy groups -OCH3 is 2. The van der Waals surface area contributed by atoms with Crippen LogP contribution >= 0.6 is 11.6 Å². The lowest BCUT2D eigenvalue weighted by Crippen LogP contribution is -2.43. The summed E-state index contributed by atoms with van der Waals surface area (Å²) >= 11 is 6.15. The minimum absolute atomic E-state index is 0.0705. The van der Waals surface area contributed by atoms with Crippen molar-refractivity contribution in [3.05, 3.63) is 17.2 Å². The Kier molecular flexibility index (Phi) is 5.09. The fraction of sp³-hybridized carbons (Fsp3) is 0.500. The summed E-state index contributed by atoms with van der Waals surface area (Å²) in [5.41, 5.74) is 0.529. The monoisotopic (exact) mass is 298 g/mol. The predicted molar refractivity (Wildman–Crippen MR) is 78.8 cm³/mol. The molecule has 0 radical (unpaired) electrons. The maximum absolute atomic E-state index is 12.2. The second-order valence-corrected chi connectivity index (χ2v) is 5.09. The lowest BCUT2D eigenvalue weighted by molar-refractivity contribution is -0.118. The summed E-state index contributed by atoms with van der Waals surface area (Å²) in [6, 6.07) is 3.14. The van der Waals surface area contributed by atoms with Gasteiger partial charge in [-0.25, -0.2) is 0 Å². The Bertz CT molecular complexity index is 488. The summed E-state index contributed by atoms with van der Waals surface area (Å²) in [4.78, 5) is 12.2. The van der Waals surface area contributed by atoms with Crippen molar-refractivity contribution in [2.75, 3.05) is 26.1 Å². The molecule has 0 unspecified atom stereocenters. The van der Waals surface area contributed by atoms with E-state index in [0.29, 0.717) is 22.2 Å². The molecule has 1 aromatic carbocycles. The Morgan fingerprint density at radius 3 is 2.60 bits per heavy atom. The minimum atomic E-state index is -0.159. The molecule has 1 atom stereocenters. The molecule has 1 saturated heterocycles. The first-order valence-corrected chi connectivity index (χ1v) is 6.99. The van der Waals surface area contributed by atoms with Crippen molar-refractivity contribution in [3.63, 3.8) is 0 Å². The number of hydrogen-bond acceptors (Lipinski definition) is 4. The average molecular weight is 299 g/mol. The van der Waals surface area contributed by atoms with Crippen LogP contribution in [0.4, 0.5) is 5.69 Å². The van der Waals surface area contributed by atoms with Gasteiger partial charge in [0, 0.05) is 12.1 Å². The van der Waals surface area contributed by atoms with Gasteiger partial charge in [-0.3, -0.25) is 4.79 Å². The van der Waals surface area contributed by atoms with Crippen LogP contribution in [0.25, 0.3) is 0 Å². The van der Waals surface area contributed by atoms with E-state index in [9.17, 15) is 4.79 Å². The number of halogens is 1. The number of anilines is 1. The SMILES string of the molecule is COc1cc(Cl)c(NC(=O)[C@H]2CCCCN2)cc1OC. The van der Waals surface area contributed by atoms with Crippen molar-refractivity contribution in [2.24, 2.45) is 0 Å². The molecule has 5 nitrogen and oxygen atoms in total. The lowest BCUT2D eigenvalue weighted by Gasteiger charge is -2.23. The molecule has 6 heteroatoms. The van der Waals surface area contributed by atoms with Crippen LogP contribution in [0.1, 0.15) is 19.3 Å². The molecule has 1 aromatic rings. The van der Waals surface area contributed by atoms with Gasteiger partial charge in [-0.2, -0.15) is 0 Å². The highest BCUT2D eigenvalue weighted by atomic mass is 35.5. The van der Waals surface area contributed by atoms with Gasteiger partial charge in [0.25, 0.3) is 0 Å². The number of carbonyl (C=O) groups is 1. The molecular weight excluding hydrogens is 280 g/mol. The highest BCUT2D eigenvalue weighted by Crippen LogP contribution is 2.36. The van der Waals surface area contributed by atoms with Gasteiger partial charge in [-0.1, -0.05) is 18.0 Å². The number of rotatable bonds is 4. The van der Waals surface area contributed by atoms with Crippen molar-refractivity contribution in [1.29, 1.82) is 0 Å². The Hall–Kier alpha value is -1.46. The molecule has 0 spiro atoms. The topological polar surface area (TPSA) is 59.6 Å². The van der Waals surface area contributed by atoms with E-state index in [2.05, 4.69) is 10.6 Å². The van der Waals surface area contributed by atoms with Gasteiger partial charge in [0.2, 0.25) is 5.91 Å². The van der Waals surface area contributed by atoms with Crippen molar-refractivity contribution in [1.82, 2.24) is 5.32 Å². The molecule has 1 aliphatic heterocycles. The van der Waals surface area contributed by atoms with Gasteiger partial charge in [0.1, 0.15) is 0 Å². The fourth-order valence-corrected chi connectivity index (χ4v) is 2.45. The van der Waals surface area contributed by atoms with Crippen molar-refractivity contribution in [3.8, 4) is 11.5 Å². The molecular formula is C14H19ClN2O3. The standard InChI is InChI=1S/C14H19ClN2O3/c1-19-12-7-9(15)11(8-13(12)20-2)17-14(18)10-5-3-4-6-16-10/h7-8,10,16H,3-6H2,1-2H3,(H,17,18)/t10-/m1/s1. The molecule has 1 amide bonds. The molecule has 110 valence electrons. The summed E-state index contributed by atoms with van der Waals surface area (Å²) in [6.45, 7) is 0.873. The van der Waals surface area contributed by atoms with Crippen LogP contribution in [0.5, 0.6) is 11.5 Å². The van der Waals surface area contributed by atoms with Crippen LogP contribution in [-0.4, -0.2) is 32.7 Å². The zero-order valence-corrected chi connectivity index (χ0v) is 12.4. The number of ether oxygens (including phenoxy) is 2. The van der Waals surface area contributed by atoms with Crippen molar-refractivity contribution in [2.45, 2.75) is 25.3 Å². The van der Waals surface area contributed by atoms with Gasteiger partial charge >= 0.3 is 0 Å². The Labute approximate surface area is 123 Å². The number of hydrogen-bond donors (Lipinski definition) is 2. The largest absolute Gasteiger partial charge is 0.493 e. The second-order valence-electron chi connectivity index (χ2n) is 4.68. The highest BCUT2D eigenvalue weighted by Gasteiger charge is 2.21. The maximum Gasteiger partial charge on any atom is 0.241 e. The molecule has 0 saturated carbocycles. The van der Waals surface area contributed by atoms with Crippen molar-refractivity contribution >= 4 is 23.2 Å². The Morgan fingerprint density at radius 2 is 2.00 bits per heavy atom. The van der Waals surface area contributed by atoms with E-state index in [1.165, 1.54) is 0 Å². The van der Waals surface area contributed by atoms with Gasteiger partial charge in [-0.05, 0) is 19.4 Å². The molecule has 1 fully saturated rings. The van der Waals surface area contributed by atoms with Gasteiger partial charge in [0.15, 0.2) is 11.5 Å². The summed E-state index contributed by atoms with van der Waals surface area (Å²) in [5, 5.41) is 6.46. The molecule has 1 aliphatic rings. The quantitative estimate of drug-likeness (QED) is 0.896. The first kappa shape index (κ1) is 14.9. The molecule has 0 aromatic heterocycles. The van der Waals surface area contributed by atoms with Crippen LogP contribution in [0.2, 0.25) is 5.02 Å². The first-order valence-electron chi connectivity index (χ1n) is 6.61. The number of piperidine rings is 1. The van der Waals surface area contributed by atoms with E-state index < -0.39 is 0 Å². The number of benzene rings is 1. The molecule has 2 N–H and O–H groups in total. The van der Waals surface area contributed by atoms with Gasteiger partial charge in [0.05, 0.1) is 31.0 Å². The smallest absolute Gasteiger partial charge is 0.241 e. The Morgan fingerprint density at radius 1 is 1.30 bits per heavy atom. The zero-order chi connectivity index (χ0) is 14.5. The molecule has 20 heavy (non-hydrogen) atoms. The molecule has 0 bridgehead atoms. The molecule has 1 heterocycles. The van der Waals surface area contributed by atoms with E-state index in [0.717, 1.165) is 25.8 Å². The third-order valence-electron chi connectivity index (χ3n) is 3.36. The summed E-state index contributed by atoms with van der Waals surface area (Å²) in [7, 11) is 3.08. The summed E-state index contributed by atoms with van der Waals surface area (Å²) < 4.78 is 10.4. The fourth-order valence-electron chi connectivity index (χ4n) is 2.25. The first-order chi connectivity index (χ1) is 9.65. The van der Waals surface area contributed by atoms with Gasteiger partial charge < -0.3 is 20.1 Å². The maximum atomic E-state index is 12.2. The molecule has 2 rings (SSSR count). The van der Waals surface area contributed by atoms with Crippen LogP contribution < -0.4 is 20.1 Å². The van der Waals surface area contributed by atoms with E-state index in [4.69, 9.17) is 21.1 Å². The van der Waals surface area contributed by atoms with E-state index in [1.807, 2.05) is 0 Å². The van der Waals surface area contributed by atoms with Crippen LogP contribution in [0.15, 0.2) is 12.1 Å². The third-order valence-corrected chi connectivity index (χ3v) is 3.67. The second kappa shape index (κ2) is 6.81. The normalized spacial score (nSPS) is 18.4. The molecule has 0 aliphatic carbocycles. The van der Waals surface area contributed by atoms with Crippen LogP contribution in [0.3, 0.4) is 0 Å². The van der Waals surface area contributed by atoms with E-state index >= 15 is 0 Å². The van der Waals surface area contributed by atoms with Crippen LogP contribution in [0, 0.1) is 0 Å². The highest BCUT2D eigenvalue weighted by molar-refractivity contribution is 6.34. The number of amides is 1. The van der Waals surface area contributed by atoms with E-state index in [1.54, 1.807) is 26.4 Å². The zero-order valence-electron chi connectivity index (χ0n) is 11.7. The van der Waals surface area contributed by atoms with Crippen molar-refractivity contribution < 1.29 is 14.3 Å². The summed E-state index contributed by atoms with van der Waals surface area (Å²) in [5.74, 6) is 0.994. The number of nitrogens with one attached hydrogen (secondary N) is 2. The van der Waals surface area contributed by atoms with Gasteiger partial charge in [-0.15, -0.1) is 0 Å². The summed E-state index contributed by atoms with van der Waals surface area (Å²) in [6.07, 6.45) is 3.02. The van der Waals surface area contributed by atoms with Crippen LogP contribution in [-0.2, 0) is 4.79 Å². The predicted octanol–water partition coefficient (Wildman–Crippen LogP) is 2.44.